The average molecular weight is 409 g/mol. The van der Waals surface area contributed by atoms with E-state index in [-0.39, 0.29) is 11.9 Å². The fourth-order valence-electron chi connectivity index (χ4n) is 3.03. The minimum Gasteiger partial charge on any atom is -0.360 e. The van der Waals surface area contributed by atoms with Crippen LogP contribution in [0.25, 0.3) is 0 Å². The van der Waals surface area contributed by atoms with E-state index in [1.54, 1.807) is 52.2 Å². The van der Waals surface area contributed by atoms with E-state index in [1.165, 1.54) is 9.80 Å². The molecule has 1 aliphatic rings. The first-order chi connectivity index (χ1) is 12.7. The Labute approximate surface area is 166 Å². The Kier molecular flexibility index (Phi) is 5.17. The summed E-state index contributed by atoms with van der Waals surface area (Å²) >= 11 is 12.2. The van der Waals surface area contributed by atoms with Gasteiger partial charge in [-0.3, -0.25) is 4.79 Å². The minimum atomic E-state index is -0.628. The molecule has 7 nitrogen and oxygen atoms in total. The van der Waals surface area contributed by atoms with E-state index in [0.717, 1.165) is 0 Å². The molecule has 3 rings (SSSR count). The quantitative estimate of drug-likeness (QED) is 0.823. The minimum absolute atomic E-state index is 0.239. The number of aryl methyl sites for hydroxylation is 1. The van der Waals surface area contributed by atoms with Crippen LogP contribution in [0.3, 0.4) is 0 Å². The van der Waals surface area contributed by atoms with E-state index in [1.807, 2.05) is 0 Å². The van der Waals surface area contributed by atoms with Gasteiger partial charge in [0.25, 0.3) is 5.91 Å². The molecular formula is C18H18Cl2N4O3. The Balaban J connectivity index is 2.08. The molecular weight excluding hydrogens is 391 g/mol. The van der Waals surface area contributed by atoms with Crippen LogP contribution >= 0.6 is 23.2 Å². The molecule has 0 bridgehead atoms. The van der Waals surface area contributed by atoms with Crippen LogP contribution in [0.15, 0.2) is 40.1 Å². The topological polar surface area (TPSA) is 78.7 Å². The first kappa shape index (κ1) is 19.3. The smallest absolute Gasteiger partial charge is 0.324 e. The standard InChI is InChI=1S/C18H18Cl2N4O3/c1-9-7-14(22-27-9)21-17(25)15-10(2)23(3)18(26)24(4)16(15)11-5-6-12(19)13(20)8-11/h5-8,16H,1-4H3,(H,21,22,25)/t16-/m1/s1. The number of halogens is 2. The Bertz CT molecular complexity index is 954. The number of carbonyl (C=O) groups is 2. The molecule has 0 spiro atoms. The molecule has 1 aliphatic heterocycles. The number of carbonyl (C=O) groups excluding carboxylic acids is 2. The van der Waals surface area contributed by atoms with E-state index in [4.69, 9.17) is 27.7 Å². The van der Waals surface area contributed by atoms with Crippen LogP contribution in [0.1, 0.15) is 24.3 Å². The van der Waals surface area contributed by atoms with Crippen LogP contribution in [0.5, 0.6) is 0 Å². The summed E-state index contributed by atoms with van der Waals surface area (Å²) in [6, 6.07) is 5.79. The number of benzene rings is 1. The van der Waals surface area contributed by atoms with Crippen LogP contribution in [0.4, 0.5) is 10.6 Å². The number of hydrogen-bond acceptors (Lipinski definition) is 4. The molecule has 0 saturated carbocycles. The van der Waals surface area contributed by atoms with Crippen LogP contribution < -0.4 is 5.32 Å². The maximum Gasteiger partial charge on any atom is 0.324 e. The van der Waals surface area contributed by atoms with Crippen LogP contribution in [0.2, 0.25) is 10.0 Å². The van der Waals surface area contributed by atoms with Crippen molar-refractivity contribution in [3.8, 4) is 0 Å². The van der Waals surface area contributed by atoms with E-state index < -0.39 is 6.04 Å². The summed E-state index contributed by atoms with van der Waals surface area (Å²) < 4.78 is 4.99. The second-order valence-corrected chi connectivity index (χ2v) is 7.12. The van der Waals surface area contributed by atoms with Crippen molar-refractivity contribution >= 4 is 41.0 Å². The first-order valence-electron chi connectivity index (χ1n) is 8.11. The van der Waals surface area contributed by atoms with Crippen molar-refractivity contribution in [3.05, 3.63) is 56.9 Å². The molecule has 142 valence electrons. The molecule has 0 unspecified atom stereocenters. The number of urea groups is 1. The van der Waals surface area contributed by atoms with E-state index in [0.29, 0.717) is 38.5 Å². The summed E-state index contributed by atoms with van der Waals surface area (Å²) in [6.07, 6.45) is 0. The normalized spacial score (nSPS) is 17.6. The highest BCUT2D eigenvalue weighted by Crippen LogP contribution is 2.38. The number of anilines is 1. The lowest BCUT2D eigenvalue weighted by atomic mass is 9.93. The summed E-state index contributed by atoms with van der Waals surface area (Å²) in [5.41, 5.74) is 1.61. The summed E-state index contributed by atoms with van der Waals surface area (Å²) in [4.78, 5) is 28.6. The van der Waals surface area contributed by atoms with Gasteiger partial charge < -0.3 is 19.6 Å². The second kappa shape index (κ2) is 7.25. The number of nitrogens with zero attached hydrogens (tertiary/aromatic N) is 3. The van der Waals surface area contributed by atoms with Gasteiger partial charge in [-0.25, -0.2) is 4.79 Å². The van der Waals surface area contributed by atoms with Gasteiger partial charge in [-0.1, -0.05) is 34.4 Å². The zero-order valence-electron chi connectivity index (χ0n) is 15.2. The number of allylic oxidation sites excluding steroid dienone is 1. The van der Waals surface area contributed by atoms with Crippen molar-refractivity contribution in [1.29, 1.82) is 0 Å². The third kappa shape index (κ3) is 3.52. The molecule has 2 aromatic rings. The fourth-order valence-corrected chi connectivity index (χ4v) is 3.34. The molecule has 1 N–H and O–H groups in total. The molecule has 0 saturated heterocycles. The van der Waals surface area contributed by atoms with E-state index in [9.17, 15) is 9.59 Å². The SMILES string of the molecule is CC1=C(C(=O)Nc2cc(C)on2)[C@@H](c2ccc(Cl)c(Cl)c2)N(C)C(=O)N1C. The Morgan fingerprint density at radius 1 is 1.19 bits per heavy atom. The van der Waals surface area contributed by atoms with Crippen molar-refractivity contribution in [2.24, 2.45) is 0 Å². The fraction of sp³-hybridized carbons (Fsp3) is 0.278. The summed E-state index contributed by atoms with van der Waals surface area (Å²) in [5.74, 6) is 0.487. The molecule has 1 aromatic heterocycles. The molecule has 9 heteroatoms. The lowest BCUT2D eigenvalue weighted by Crippen LogP contribution is -2.47. The molecule has 1 aromatic carbocycles. The van der Waals surface area contributed by atoms with Crippen molar-refractivity contribution in [3.63, 3.8) is 0 Å². The highest BCUT2D eigenvalue weighted by Gasteiger charge is 2.38. The third-order valence-electron chi connectivity index (χ3n) is 4.52. The van der Waals surface area contributed by atoms with Gasteiger partial charge in [0, 0.05) is 25.9 Å². The van der Waals surface area contributed by atoms with Gasteiger partial charge in [0.2, 0.25) is 0 Å². The van der Waals surface area contributed by atoms with Crippen LogP contribution in [-0.2, 0) is 4.79 Å². The lowest BCUT2D eigenvalue weighted by molar-refractivity contribution is -0.113. The van der Waals surface area contributed by atoms with Crippen molar-refractivity contribution < 1.29 is 14.1 Å². The molecule has 3 amide bonds. The van der Waals surface area contributed by atoms with Gasteiger partial charge in [-0.2, -0.15) is 0 Å². The summed E-state index contributed by atoms with van der Waals surface area (Å²) in [6.45, 7) is 3.45. The number of nitrogens with one attached hydrogen (secondary N) is 1. The Hall–Kier alpha value is -2.51. The lowest BCUT2D eigenvalue weighted by Gasteiger charge is -2.39. The van der Waals surface area contributed by atoms with Gasteiger partial charge in [0.1, 0.15) is 5.76 Å². The van der Waals surface area contributed by atoms with Gasteiger partial charge >= 0.3 is 6.03 Å². The maximum absolute atomic E-state index is 13.0. The number of aromatic nitrogens is 1. The molecule has 0 aliphatic carbocycles. The summed E-state index contributed by atoms with van der Waals surface area (Å²) in [7, 11) is 3.25. The first-order valence-corrected chi connectivity index (χ1v) is 8.87. The molecule has 27 heavy (non-hydrogen) atoms. The largest absolute Gasteiger partial charge is 0.360 e. The van der Waals surface area contributed by atoms with Crippen LogP contribution in [0, 0.1) is 6.92 Å². The monoisotopic (exact) mass is 408 g/mol. The zero-order chi connectivity index (χ0) is 19.9. The third-order valence-corrected chi connectivity index (χ3v) is 5.25. The number of hydrogen-bond donors (Lipinski definition) is 1. The molecule has 0 radical (unpaired) electrons. The maximum atomic E-state index is 13.0. The van der Waals surface area contributed by atoms with Gasteiger partial charge in [0.05, 0.1) is 21.7 Å². The highest BCUT2D eigenvalue weighted by atomic mass is 35.5. The van der Waals surface area contributed by atoms with E-state index >= 15 is 0 Å². The van der Waals surface area contributed by atoms with Crippen molar-refractivity contribution in [1.82, 2.24) is 15.0 Å². The van der Waals surface area contributed by atoms with Gasteiger partial charge in [-0.05, 0) is 31.5 Å². The zero-order valence-corrected chi connectivity index (χ0v) is 16.7. The molecule has 0 fully saturated rings. The van der Waals surface area contributed by atoms with Crippen LogP contribution in [-0.4, -0.2) is 41.0 Å². The number of amides is 3. The van der Waals surface area contributed by atoms with Gasteiger partial charge in [-0.15, -0.1) is 0 Å². The Morgan fingerprint density at radius 3 is 2.48 bits per heavy atom. The Morgan fingerprint density at radius 2 is 1.89 bits per heavy atom. The number of likely N-dealkylation sites (N-methyl/N-ethyl adjacent to an activating group) is 1. The molecule has 1 atom stereocenters. The summed E-state index contributed by atoms with van der Waals surface area (Å²) in [5, 5.41) is 7.25. The molecule has 2 heterocycles. The van der Waals surface area contributed by atoms with E-state index in [2.05, 4.69) is 10.5 Å². The second-order valence-electron chi connectivity index (χ2n) is 6.30. The van der Waals surface area contributed by atoms with Gasteiger partial charge in [0.15, 0.2) is 5.82 Å². The predicted molar refractivity (Wildman–Crippen MR) is 103 cm³/mol. The van der Waals surface area contributed by atoms with Crippen molar-refractivity contribution in [2.45, 2.75) is 19.9 Å². The average Bonchev–Trinajstić information content (AvgIpc) is 3.03. The highest BCUT2D eigenvalue weighted by molar-refractivity contribution is 6.42. The number of rotatable bonds is 3. The van der Waals surface area contributed by atoms with Crippen molar-refractivity contribution in [2.75, 3.05) is 19.4 Å². The predicted octanol–water partition coefficient (Wildman–Crippen LogP) is 4.24.